The van der Waals surface area contributed by atoms with Gasteiger partial charge in [-0.1, -0.05) is 24.3 Å². The normalized spacial score (nSPS) is 20.7. The molecule has 0 bridgehead atoms. The van der Waals surface area contributed by atoms with Crippen molar-refractivity contribution in [2.45, 2.75) is 31.2 Å². The summed E-state index contributed by atoms with van der Waals surface area (Å²) in [5.74, 6) is 0.0373. The molecule has 3 N–H and O–H groups in total. The van der Waals surface area contributed by atoms with E-state index in [2.05, 4.69) is 10.6 Å². The minimum Gasteiger partial charge on any atom is -0.394 e. The topological polar surface area (TPSA) is 81.7 Å². The molecule has 146 valence electrons. The second kappa shape index (κ2) is 7.64. The molecule has 1 fully saturated rings. The second-order valence-electron chi connectivity index (χ2n) is 7.55. The van der Waals surface area contributed by atoms with Gasteiger partial charge >= 0.3 is 6.03 Å². The Morgan fingerprint density at radius 2 is 1.75 bits per heavy atom. The van der Waals surface area contributed by atoms with Crippen LogP contribution in [0.1, 0.15) is 40.7 Å². The number of anilines is 1. The van der Waals surface area contributed by atoms with Crippen LogP contribution in [0.15, 0.2) is 48.5 Å². The van der Waals surface area contributed by atoms with Crippen molar-refractivity contribution in [1.29, 1.82) is 0 Å². The Balaban J connectivity index is 1.42. The molecular formula is C22H25N3O3. The molecule has 0 spiro atoms. The number of aliphatic hydroxyl groups excluding tert-OH is 1. The van der Waals surface area contributed by atoms with Gasteiger partial charge in [-0.15, -0.1) is 0 Å². The molecule has 1 atom stereocenters. The molecule has 1 aliphatic carbocycles. The Kier molecular flexibility index (Phi) is 5.05. The number of hydrogen-bond donors (Lipinski definition) is 3. The van der Waals surface area contributed by atoms with Crippen molar-refractivity contribution in [2.75, 3.05) is 25.0 Å². The molecule has 3 amide bonds. The van der Waals surface area contributed by atoms with E-state index in [4.69, 9.17) is 0 Å². The zero-order chi connectivity index (χ0) is 19.6. The SMILES string of the molecule is O=C(Nc1ccc(C(=O)N2CCCC2)cc1)NC1(CO)CCc2ccccc21. The van der Waals surface area contributed by atoms with Gasteiger partial charge in [0.2, 0.25) is 0 Å². The average Bonchev–Trinajstić information content (AvgIpc) is 3.37. The van der Waals surface area contributed by atoms with Gasteiger partial charge in [0.15, 0.2) is 0 Å². The van der Waals surface area contributed by atoms with E-state index in [0.717, 1.165) is 43.5 Å². The number of urea groups is 1. The molecule has 2 aliphatic rings. The van der Waals surface area contributed by atoms with Gasteiger partial charge in [-0.25, -0.2) is 4.79 Å². The molecule has 0 saturated carbocycles. The lowest BCUT2D eigenvalue weighted by molar-refractivity contribution is 0.0793. The summed E-state index contributed by atoms with van der Waals surface area (Å²) in [6, 6.07) is 14.5. The van der Waals surface area contributed by atoms with Gasteiger partial charge in [0, 0.05) is 24.3 Å². The van der Waals surface area contributed by atoms with Crippen LogP contribution in [-0.2, 0) is 12.0 Å². The largest absolute Gasteiger partial charge is 0.394 e. The molecule has 4 rings (SSSR count). The van der Waals surface area contributed by atoms with E-state index in [9.17, 15) is 14.7 Å². The maximum absolute atomic E-state index is 12.6. The first-order chi connectivity index (χ1) is 13.6. The number of aliphatic hydroxyl groups is 1. The van der Waals surface area contributed by atoms with Crippen LogP contribution in [0.25, 0.3) is 0 Å². The smallest absolute Gasteiger partial charge is 0.320 e. The highest BCUT2D eigenvalue weighted by atomic mass is 16.3. The lowest BCUT2D eigenvalue weighted by Crippen LogP contribution is -2.48. The Morgan fingerprint density at radius 1 is 1.04 bits per heavy atom. The molecule has 1 heterocycles. The summed E-state index contributed by atoms with van der Waals surface area (Å²) < 4.78 is 0. The van der Waals surface area contributed by atoms with Crippen molar-refractivity contribution in [3.8, 4) is 0 Å². The first-order valence-electron chi connectivity index (χ1n) is 9.79. The van der Waals surface area contributed by atoms with Crippen molar-refractivity contribution in [2.24, 2.45) is 0 Å². The van der Waals surface area contributed by atoms with Crippen molar-refractivity contribution in [1.82, 2.24) is 10.2 Å². The number of fused-ring (bicyclic) bond motifs is 1. The standard InChI is InChI=1S/C22H25N3O3/c26-15-22(12-11-16-5-1-2-6-19(16)22)24-21(28)23-18-9-7-17(8-10-18)20(27)25-13-3-4-14-25/h1-2,5-10,26H,3-4,11-15H2,(H2,23,24,28). The third-order valence-electron chi connectivity index (χ3n) is 5.76. The molecule has 28 heavy (non-hydrogen) atoms. The van der Waals surface area contributed by atoms with Crippen LogP contribution < -0.4 is 10.6 Å². The van der Waals surface area contributed by atoms with Crippen LogP contribution in [0, 0.1) is 0 Å². The van der Waals surface area contributed by atoms with Crippen molar-refractivity contribution >= 4 is 17.6 Å². The maximum Gasteiger partial charge on any atom is 0.320 e. The molecule has 1 saturated heterocycles. The fraction of sp³-hybridized carbons (Fsp3) is 0.364. The minimum absolute atomic E-state index is 0.0373. The highest BCUT2D eigenvalue weighted by Crippen LogP contribution is 2.36. The van der Waals surface area contributed by atoms with Gasteiger partial charge in [0.25, 0.3) is 5.91 Å². The summed E-state index contributed by atoms with van der Waals surface area (Å²) in [4.78, 5) is 26.8. The summed E-state index contributed by atoms with van der Waals surface area (Å²) >= 11 is 0. The van der Waals surface area contributed by atoms with Crippen molar-refractivity contribution in [3.05, 3.63) is 65.2 Å². The summed E-state index contributed by atoms with van der Waals surface area (Å²) in [5.41, 5.74) is 2.60. The van der Waals surface area contributed by atoms with Gasteiger partial charge < -0.3 is 20.6 Å². The molecular weight excluding hydrogens is 354 g/mol. The number of nitrogens with one attached hydrogen (secondary N) is 2. The van der Waals surface area contributed by atoms with Crippen LogP contribution in [0.4, 0.5) is 10.5 Å². The van der Waals surface area contributed by atoms with Crippen LogP contribution in [0.3, 0.4) is 0 Å². The fourth-order valence-corrected chi connectivity index (χ4v) is 4.20. The number of benzene rings is 2. The van der Waals surface area contributed by atoms with Gasteiger partial charge in [0.05, 0.1) is 12.1 Å². The Hall–Kier alpha value is -2.86. The van der Waals surface area contributed by atoms with E-state index in [1.165, 1.54) is 0 Å². The zero-order valence-corrected chi connectivity index (χ0v) is 15.8. The molecule has 1 aliphatic heterocycles. The summed E-state index contributed by atoms with van der Waals surface area (Å²) in [5, 5.41) is 15.8. The van der Waals surface area contributed by atoms with Crippen LogP contribution in [-0.4, -0.2) is 41.6 Å². The highest BCUT2D eigenvalue weighted by molar-refractivity contribution is 5.95. The third kappa shape index (κ3) is 3.47. The molecule has 0 aromatic heterocycles. The van der Waals surface area contributed by atoms with Crippen molar-refractivity contribution < 1.29 is 14.7 Å². The fourth-order valence-electron chi connectivity index (χ4n) is 4.20. The monoisotopic (exact) mass is 379 g/mol. The number of likely N-dealkylation sites (tertiary alicyclic amines) is 1. The van der Waals surface area contributed by atoms with Crippen molar-refractivity contribution in [3.63, 3.8) is 0 Å². The lowest BCUT2D eigenvalue weighted by Gasteiger charge is -2.29. The first-order valence-corrected chi connectivity index (χ1v) is 9.79. The van der Waals surface area contributed by atoms with Crippen LogP contribution in [0.5, 0.6) is 0 Å². The number of rotatable bonds is 4. The summed E-state index contributed by atoms with van der Waals surface area (Å²) in [6.07, 6.45) is 3.60. The molecule has 1 unspecified atom stereocenters. The predicted octanol–water partition coefficient (Wildman–Crippen LogP) is 2.88. The maximum atomic E-state index is 12.6. The Morgan fingerprint density at radius 3 is 2.46 bits per heavy atom. The number of aryl methyl sites for hydroxylation is 1. The van der Waals surface area contributed by atoms with E-state index >= 15 is 0 Å². The van der Waals surface area contributed by atoms with E-state index in [1.54, 1.807) is 24.3 Å². The zero-order valence-electron chi connectivity index (χ0n) is 15.8. The number of hydrogen-bond acceptors (Lipinski definition) is 3. The minimum atomic E-state index is -0.758. The van der Waals surface area contributed by atoms with E-state index < -0.39 is 5.54 Å². The molecule has 2 aromatic carbocycles. The second-order valence-corrected chi connectivity index (χ2v) is 7.55. The number of carbonyl (C=O) groups excluding carboxylic acids is 2. The van der Waals surface area contributed by atoms with E-state index in [0.29, 0.717) is 17.7 Å². The number of nitrogens with zero attached hydrogens (tertiary/aromatic N) is 1. The quantitative estimate of drug-likeness (QED) is 0.764. The van der Waals surface area contributed by atoms with Crippen LogP contribution >= 0.6 is 0 Å². The van der Waals surface area contributed by atoms with Gasteiger partial charge in [-0.05, 0) is 61.1 Å². The Labute approximate surface area is 164 Å². The van der Waals surface area contributed by atoms with Gasteiger partial charge in [-0.2, -0.15) is 0 Å². The summed E-state index contributed by atoms with van der Waals surface area (Å²) in [6.45, 7) is 1.47. The Bertz CT molecular complexity index is 875. The summed E-state index contributed by atoms with van der Waals surface area (Å²) in [7, 11) is 0. The predicted molar refractivity (Wildman–Crippen MR) is 107 cm³/mol. The molecule has 6 heteroatoms. The lowest BCUT2D eigenvalue weighted by atomic mass is 9.93. The van der Waals surface area contributed by atoms with Gasteiger partial charge in [-0.3, -0.25) is 4.79 Å². The van der Waals surface area contributed by atoms with E-state index in [1.807, 2.05) is 29.2 Å². The number of amides is 3. The molecule has 6 nitrogen and oxygen atoms in total. The number of carbonyl (C=O) groups is 2. The molecule has 0 radical (unpaired) electrons. The average molecular weight is 379 g/mol. The molecule has 2 aromatic rings. The van der Waals surface area contributed by atoms with E-state index in [-0.39, 0.29) is 18.5 Å². The first kappa shape index (κ1) is 18.5. The highest BCUT2D eigenvalue weighted by Gasteiger charge is 2.39. The third-order valence-corrected chi connectivity index (χ3v) is 5.76. The van der Waals surface area contributed by atoms with Crippen LogP contribution in [0.2, 0.25) is 0 Å². The van der Waals surface area contributed by atoms with Gasteiger partial charge in [0.1, 0.15) is 0 Å².